The molecule has 0 bridgehead atoms. The minimum atomic E-state index is -1.89. The molecule has 1 aliphatic carbocycles. The lowest BCUT2D eigenvalue weighted by atomic mass is 9.82. The Kier molecular flexibility index (Phi) is 6.12. The number of halogens is 1. The zero-order valence-corrected chi connectivity index (χ0v) is 14.6. The van der Waals surface area contributed by atoms with E-state index < -0.39 is 73.4 Å². The molecule has 0 radical (unpaired) electrons. The van der Waals surface area contributed by atoms with E-state index in [0.717, 1.165) is 0 Å². The molecule has 0 spiro atoms. The van der Waals surface area contributed by atoms with Crippen molar-refractivity contribution in [1.82, 2.24) is 0 Å². The van der Waals surface area contributed by atoms with Crippen LogP contribution in [0.15, 0.2) is 0 Å². The number of alkyl halides is 1. The maximum Gasteiger partial charge on any atom is 0.189 e. The topological polar surface area (TPSA) is 169 Å². The molecular weight excluding hydrogens is 376 g/mol. The molecule has 26 heavy (non-hydrogen) atoms. The Morgan fingerprint density at radius 2 is 1.65 bits per heavy atom. The summed E-state index contributed by atoms with van der Waals surface area (Å²) in [6.45, 7) is -1.36. The van der Waals surface area contributed by atoms with Crippen LogP contribution in [-0.2, 0) is 14.2 Å². The Morgan fingerprint density at radius 3 is 2.27 bits per heavy atom. The second-order valence-electron chi connectivity index (χ2n) is 7.17. The number of hydrogen-bond donors (Lipinski definition) is 7. The molecule has 11 unspecified atom stereocenters. The fourth-order valence-electron chi connectivity index (χ4n) is 4.13. The first kappa shape index (κ1) is 20.6. The molecule has 2 saturated heterocycles. The Bertz CT molecular complexity index is 495. The first-order valence-corrected chi connectivity index (χ1v) is 8.93. The average Bonchev–Trinajstić information content (AvgIpc) is 2.86. The van der Waals surface area contributed by atoms with E-state index in [9.17, 15) is 35.7 Å². The summed E-state index contributed by atoms with van der Waals surface area (Å²) in [6, 6.07) is 0. The molecule has 3 rings (SSSR count). The second kappa shape index (κ2) is 7.72. The number of aliphatic hydroxyl groups excluding tert-OH is 6. The molecule has 0 amide bonds. The molecule has 0 aromatic rings. The van der Waals surface area contributed by atoms with Gasteiger partial charge in [0.2, 0.25) is 0 Å². The summed E-state index contributed by atoms with van der Waals surface area (Å²) in [7, 11) is 0. The van der Waals surface area contributed by atoms with E-state index in [1.54, 1.807) is 0 Å². The normalized spacial score (nSPS) is 54.9. The van der Waals surface area contributed by atoms with Gasteiger partial charge >= 0.3 is 0 Å². The minimum Gasteiger partial charge on any atom is -0.394 e. The number of rotatable bonds is 4. The summed E-state index contributed by atoms with van der Waals surface area (Å²) in [5.41, 5.74) is -2.68. The van der Waals surface area contributed by atoms with Crippen molar-refractivity contribution in [2.75, 3.05) is 13.2 Å². The number of fused-ring (bicyclic) bond motifs is 1. The van der Waals surface area contributed by atoms with Crippen molar-refractivity contribution in [3.63, 3.8) is 0 Å². The third kappa shape index (κ3) is 3.38. The zero-order valence-electron chi connectivity index (χ0n) is 13.8. The van der Waals surface area contributed by atoms with Gasteiger partial charge in [0, 0.05) is 5.92 Å². The van der Waals surface area contributed by atoms with Crippen molar-refractivity contribution in [1.29, 1.82) is 0 Å². The largest absolute Gasteiger partial charge is 0.394 e. The lowest BCUT2D eigenvalue weighted by Crippen LogP contribution is -2.62. The van der Waals surface area contributed by atoms with E-state index in [4.69, 9.17) is 25.8 Å². The summed E-state index contributed by atoms with van der Waals surface area (Å²) in [5.74, 6) is -1.17. The summed E-state index contributed by atoms with van der Waals surface area (Å²) in [5, 5.41) is 69.4. The first-order chi connectivity index (χ1) is 12.2. The van der Waals surface area contributed by atoms with E-state index in [2.05, 4.69) is 0 Å². The van der Waals surface area contributed by atoms with Crippen LogP contribution in [0.2, 0.25) is 0 Å². The summed E-state index contributed by atoms with van der Waals surface area (Å²) in [4.78, 5) is 0. The Balaban J connectivity index is 1.80. The quantitative estimate of drug-likeness (QED) is 0.239. The minimum absolute atomic E-state index is 0.183. The van der Waals surface area contributed by atoms with E-state index in [-0.39, 0.29) is 12.3 Å². The van der Waals surface area contributed by atoms with Crippen molar-refractivity contribution in [2.24, 2.45) is 11.8 Å². The van der Waals surface area contributed by atoms with Crippen LogP contribution < -0.4 is 0 Å². The highest BCUT2D eigenvalue weighted by Crippen LogP contribution is 2.49. The van der Waals surface area contributed by atoms with Gasteiger partial charge in [0.25, 0.3) is 0 Å². The molecule has 11 atom stereocenters. The van der Waals surface area contributed by atoms with Gasteiger partial charge in [0.1, 0.15) is 35.6 Å². The van der Waals surface area contributed by atoms with Gasteiger partial charge in [-0.05, 0) is 18.8 Å². The maximum absolute atomic E-state index is 10.7. The van der Waals surface area contributed by atoms with Crippen LogP contribution in [0, 0.1) is 11.8 Å². The SMILES string of the molecule is OCC1OC(OC2OC(Cl)CC3CC(O)C(O)(CO)C32)C(O)C(O)C1O. The molecule has 3 aliphatic rings. The van der Waals surface area contributed by atoms with Crippen molar-refractivity contribution >= 4 is 11.6 Å². The smallest absolute Gasteiger partial charge is 0.189 e. The Hall–Kier alpha value is -0.110. The molecule has 1 saturated carbocycles. The van der Waals surface area contributed by atoms with Gasteiger partial charge in [0.05, 0.1) is 19.3 Å². The molecule has 2 heterocycles. The van der Waals surface area contributed by atoms with Gasteiger partial charge in [-0.25, -0.2) is 0 Å². The van der Waals surface area contributed by atoms with Crippen molar-refractivity contribution in [2.45, 2.75) is 67.1 Å². The summed E-state index contributed by atoms with van der Waals surface area (Å²) >= 11 is 6.06. The fraction of sp³-hybridized carbons (Fsp3) is 1.00. The van der Waals surface area contributed by atoms with E-state index >= 15 is 0 Å². The van der Waals surface area contributed by atoms with Gasteiger partial charge in [-0.1, -0.05) is 11.6 Å². The third-order valence-corrected chi connectivity index (χ3v) is 5.90. The van der Waals surface area contributed by atoms with Gasteiger partial charge in [-0.2, -0.15) is 0 Å². The van der Waals surface area contributed by atoms with Crippen molar-refractivity contribution in [3.8, 4) is 0 Å². The van der Waals surface area contributed by atoms with Crippen molar-refractivity contribution < 1.29 is 50.0 Å². The average molecular weight is 401 g/mol. The Morgan fingerprint density at radius 1 is 0.962 bits per heavy atom. The van der Waals surface area contributed by atoms with Crippen LogP contribution >= 0.6 is 11.6 Å². The van der Waals surface area contributed by atoms with Crippen LogP contribution in [0.4, 0.5) is 0 Å². The molecule has 152 valence electrons. The molecule has 10 nitrogen and oxygen atoms in total. The number of aliphatic hydroxyl groups is 7. The van der Waals surface area contributed by atoms with Crippen LogP contribution in [0.1, 0.15) is 12.8 Å². The predicted octanol–water partition coefficient (Wildman–Crippen LogP) is -3.17. The predicted molar refractivity (Wildman–Crippen MR) is 83.6 cm³/mol. The van der Waals surface area contributed by atoms with Gasteiger partial charge < -0.3 is 50.0 Å². The fourth-order valence-corrected chi connectivity index (χ4v) is 4.46. The van der Waals surface area contributed by atoms with E-state index in [1.807, 2.05) is 0 Å². The molecule has 11 heteroatoms. The van der Waals surface area contributed by atoms with Crippen LogP contribution in [-0.4, -0.2) is 103 Å². The highest BCUT2D eigenvalue weighted by Gasteiger charge is 2.60. The molecule has 7 N–H and O–H groups in total. The first-order valence-electron chi connectivity index (χ1n) is 8.49. The van der Waals surface area contributed by atoms with Gasteiger partial charge in [0.15, 0.2) is 12.6 Å². The lowest BCUT2D eigenvalue weighted by Gasteiger charge is -2.46. The van der Waals surface area contributed by atoms with Crippen LogP contribution in [0.25, 0.3) is 0 Å². The highest BCUT2D eigenvalue weighted by atomic mass is 35.5. The second-order valence-corrected chi connectivity index (χ2v) is 7.66. The summed E-state index contributed by atoms with van der Waals surface area (Å²) in [6.07, 6.45) is -9.46. The monoisotopic (exact) mass is 400 g/mol. The molecule has 0 aromatic carbocycles. The molecule has 3 fully saturated rings. The van der Waals surface area contributed by atoms with Crippen LogP contribution in [0.5, 0.6) is 0 Å². The lowest BCUT2D eigenvalue weighted by molar-refractivity contribution is -0.362. The Labute approximate surface area is 154 Å². The highest BCUT2D eigenvalue weighted by molar-refractivity contribution is 6.19. The molecular formula is C15H25ClO10. The number of ether oxygens (including phenoxy) is 3. The van der Waals surface area contributed by atoms with E-state index in [0.29, 0.717) is 6.42 Å². The summed E-state index contributed by atoms with van der Waals surface area (Å²) < 4.78 is 16.4. The molecule has 2 aliphatic heterocycles. The standard InChI is InChI=1S/C15H25ClO10/c16-8-2-5-1-7(19)15(23,4-18)9(5)13(25-8)26-14-12(22)11(21)10(20)6(3-17)24-14/h5-14,17-23H,1-4H2. The van der Waals surface area contributed by atoms with Crippen LogP contribution in [0.3, 0.4) is 0 Å². The maximum atomic E-state index is 10.7. The number of hydrogen-bond acceptors (Lipinski definition) is 10. The van der Waals surface area contributed by atoms with Crippen molar-refractivity contribution in [3.05, 3.63) is 0 Å². The van der Waals surface area contributed by atoms with Gasteiger partial charge in [-0.3, -0.25) is 0 Å². The van der Waals surface area contributed by atoms with E-state index in [1.165, 1.54) is 0 Å². The third-order valence-electron chi connectivity index (χ3n) is 5.62. The zero-order chi connectivity index (χ0) is 19.2. The molecule has 0 aromatic heterocycles. The van der Waals surface area contributed by atoms with Gasteiger partial charge in [-0.15, -0.1) is 0 Å².